The predicted molar refractivity (Wildman–Crippen MR) is 81.9 cm³/mol. The van der Waals surface area contributed by atoms with Crippen LogP contribution in [-0.4, -0.2) is 35.1 Å². The van der Waals surface area contributed by atoms with Crippen LogP contribution in [0.25, 0.3) is 10.8 Å². The lowest BCUT2D eigenvalue weighted by Gasteiger charge is -2.42. The summed E-state index contributed by atoms with van der Waals surface area (Å²) in [7, 11) is 0. The van der Waals surface area contributed by atoms with Gasteiger partial charge >= 0.3 is 0 Å². The number of aryl methyl sites for hydroxylation is 1. The maximum atomic E-state index is 5.83. The molecule has 0 radical (unpaired) electrons. The first-order valence-corrected chi connectivity index (χ1v) is 7.90. The summed E-state index contributed by atoms with van der Waals surface area (Å²) in [5.41, 5.74) is 1.22. The van der Waals surface area contributed by atoms with Crippen LogP contribution in [0.5, 0.6) is 0 Å². The third-order valence-corrected chi connectivity index (χ3v) is 4.80. The van der Waals surface area contributed by atoms with E-state index in [0.29, 0.717) is 0 Å². The first-order chi connectivity index (χ1) is 9.56. The number of nitrogens with one attached hydrogen (secondary N) is 1. The van der Waals surface area contributed by atoms with E-state index in [-0.39, 0.29) is 5.54 Å². The quantitative estimate of drug-likeness (QED) is 0.944. The Morgan fingerprint density at radius 3 is 3.05 bits per heavy atom. The summed E-state index contributed by atoms with van der Waals surface area (Å²) in [5.74, 6) is 1.68. The van der Waals surface area contributed by atoms with Gasteiger partial charge in [0.25, 0.3) is 0 Å². The first kappa shape index (κ1) is 13.8. The molecule has 1 aliphatic rings. The molecular formula is C15H21N3OS. The van der Waals surface area contributed by atoms with E-state index in [1.54, 1.807) is 11.3 Å². The minimum Gasteiger partial charge on any atom is -0.440 e. The van der Waals surface area contributed by atoms with E-state index in [9.17, 15) is 0 Å². The summed E-state index contributed by atoms with van der Waals surface area (Å²) >= 11 is 1.66. The number of thiophene rings is 1. The van der Waals surface area contributed by atoms with Crippen LogP contribution in [0.15, 0.2) is 21.9 Å². The third-order valence-electron chi connectivity index (χ3n) is 3.94. The van der Waals surface area contributed by atoms with Gasteiger partial charge in [0.2, 0.25) is 5.89 Å². The molecule has 2 aromatic rings. The fraction of sp³-hybridized carbons (Fsp3) is 0.533. The Balaban J connectivity index is 1.81. The second-order valence-electron chi connectivity index (χ2n) is 5.91. The van der Waals surface area contributed by atoms with Crippen molar-refractivity contribution in [3.63, 3.8) is 0 Å². The predicted octanol–water partition coefficient (Wildman–Crippen LogP) is 2.90. The van der Waals surface area contributed by atoms with Crippen molar-refractivity contribution >= 4 is 11.3 Å². The van der Waals surface area contributed by atoms with Gasteiger partial charge in [-0.15, -0.1) is 11.3 Å². The summed E-state index contributed by atoms with van der Waals surface area (Å²) in [4.78, 5) is 8.27. The summed E-state index contributed by atoms with van der Waals surface area (Å²) in [5, 5.41) is 5.50. The molecule has 0 bridgehead atoms. The van der Waals surface area contributed by atoms with Gasteiger partial charge in [-0.25, -0.2) is 4.98 Å². The number of oxazole rings is 1. The van der Waals surface area contributed by atoms with Crippen LogP contribution in [0.4, 0.5) is 0 Å². The maximum absolute atomic E-state index is 5.83. The van der Waals surface area contributed by atoms with Gasteiger partial charge < -0.3 is 9.73 Å². The highest BCUT2D eigenvalue weighted by atomic mass is 32.1. The average Bonchev–Trinajstić information content (AvgIpc) is 3.02. The van der Waals surface area contributed by atoms with Gasteiger partial charge in [-0.2, -0.15) is 0 Å². The van der Waals surface area contributed by atoms with E-state index in [4.69, 9.17) is 9.40 Å². The zero-order valence-electron chi connectivity index (χ0n) is 12.3. The fourth-order valence-corrected chi connectivity index (χ4v) is 3.23. The van der Waals surface area contributed by atoms with Crippen LogP contribution in [0, 0.1) is 6.92 Å². The minimum absolute atomic E-state index is 0.159. The molecule has 5 heteroatoms. The molecule has 108 valence electrons. The summed E-state index contributed by atoms with van der Waals surface area (Å²) in [6.45, 7) is 10.5. The normalized spacial score (nSPS) is 19.4. The molecule has 0 amide bonds. The molecule has 0 aliphatic carbocycles. The van der Waals surface area contributed by atoms with Gasteiger partial charge in [0, 0.05) is 31.7 Å². The largest absolute Gasteiger partial charge is 0.440 e. The molecule has 4 nitrogen and oxygen atoms in total. The molecule has 0 unspecified atom stereocenters. The average molecular weight is 291 g/mol. The Morgan fingerprint density at radius 2 is 2.35 bits per heavy atom. The fourth-order valence-electron chi connectivity index (χ4n) is 2.58. The van der Waals surface area contributed by atoms with Crippen LogP contribution >= 0.6 is 11.3 Å². The molecule has 1 aliphatic heterocycles. The van der Waals surface area contributed by atoms with Gasteiger partial charge in [0.15, 0.2) is 0 Å². The Bertz CT molecular complexity index is 574. The van der Waals surface area contributed by atoms with Crippen molar-refractivity contribution in [3.05, 3.63) is 29.0 Å². The zero-order valence-corrected chi connectivity index (χ0v) is 13.1. The molecule has 1 fully saturated rings. The second-order valence-corrected chi connectivity index (χ2v) is 6.86. The topological polar surface area (TPSA) is 41.3 Å². The van der Waals surface area contributed by atoms with Crippen molar-refractivity contribution in [2.45, 2.75) is 32.9 Å². The molecule has 20 heavy (non-hydrogen) atoms. The van der Waals surface area contributed by atoms with Crippen LogP contribution in [0.3, 0.4) is 0 Å². The minimum atomic E-state index is 0.159. The van der Waals surface area contributed by atoms with E-state index >= 15 is 0 Å². The Kier molecular flexibility index (Phi) is 3.67. The second kappa shape index (κ2) is 5.31. The van der Waals surface area contributed by atoms with E-state index in [1.807, 2.05) is 18.4 Å². The monoisotopic (exact) mass is 291 g/mol. The van der Waals surface area contributed by atoms with E-state index in [1.165, 1.54) is 0 Å². The maximum Gasteiger partial charge on any atom is 0.236 e. The molecule has 2 aromatic heterocycles. The first-order valence-electron chi connectivity index (χ1n) is 7.02. The van der Waals surface area contributed by atoms with Crippen molar-refractivity contribution in [1.29, 1.82) is 0 Å². The molecule has 0 atom stereocenters. The highest BCUT2D eigenvalue weighted by Crippen LogP contribution is 2.27. The molecule has 0 spiro atoms. The van der Waals surface area contributed by atoms with Gasteiger partial charge in [-0.1, -0.05) is 6.07 Å². The number of aromatic nitrogens is 1. The standard InChI is InChI=1S/C15H21N3OS/c1-11-12(9-18-7-6-16-10-15(18,2)3)17-14(19-11)13-5-4-8-20-13/h4-5,8,16H,6-7,9-10H2,1-3H3. The van der Waals surface area contributed by atoms with E-state index < -0.39 is 0 Å². The molecular weight excluding hydrogens is 270 g/mol. The number of rotatable bonds is 3. The summed E-state index contributed by atoms with van der Waals surface area (Å²) in [6.07, 6.45) is 0. The SMILES string of the molecule is Cc1oc(-c2cccs2)nc1CN1CCNCC1(C)C. The summed E-state index contributed by atoms with van der Waals surface area (Å²) < 4.78 is 5.83. The van der Waals surface area contributed by atoms with Crippen molar-refractivity contribution in [1.82, 2.24) is 15.2 Å². The van der Waals surface area contributed by atoms with Crippen molar-refractivity contribution in [2.75, 3.05) is 19.6 Å². The van der Waals surface area contributed by atoms with Gasteiger partial charge in [0.1, 0.15) is 5.76 Å². The highest BCUT2D eigenvalue weighted by Gasteiger charge is 2.30. The molecule has 1 saturated heterocycles. The Labute approximate surface area is 123 Å². The molecule has 3 heterocycles. The van der Waals surface area contributed by atoms with Crippen molar-refractivity contribution < 1.29 is 4.42 Å². The molecule has 1 N–H and O–H groups in total. The van der Waals surface area contributed by atoms with Crippen LogP contribution in [0.1, 0.15) is 25.3 Å². The zero-order chi connectivity index (χ0) is 14.2. The van der Waals surface area contributed by atoms with Gasteiger partial charge in [-0.3, -0.25) is 4.90 Å². The number of piperazine rings is 1. The van der Waals surface area contributed by atoms with Crippen molar-refractivity contribution in [3.8, 4) is 10.8 Å². The number of hydrogen-bond acceptors (Lipinski definition) is 5. The van der Waals surface area contributed by atoms with Crippen LogP contribution < -0.4 is 5.32 Å². The number of nitrogens with zero attached hydrogens (tertiary/aromatic N) is 2. The van der Waals surface area contributed by atoms with E-state index in [0.717, 1.165) is 48.4 Å². The molecule has 3 rings (SSSR count). The van der Waals surface area contributed by atoms with Gasteiger partial charge in [-0.05, 0) is 32.2 Å². The highest BCUT2D eigenvalue weighted by molar-refractivity contribution is 7.13. The Hall–Kier alpha value is -1.17. The summed E-state index contributed by atoms with van der Waals surface area (Å²) in [6, 6.07) is 4.08. The van der Waals surface area contributed by atoms with Crippen LogP contribution in [-0.2, 0) is 6.54 Å². The molecule has 0 aromatic carbocycles. The van der Waals surface area contributed by atoms with E-state index in [2.05, 4.69) is 30.1 Å². The van der Waals surface area contributed by atoms with Crippen LogP contribution in [0.2, 0.25) is 0 Å². The van der Waals surface area contributed by atoms with Gasteiger partial charge in [0.05, 0.1) is 10.6 Å². The lowest BCUT2D eigenvalue weighted by atomic mass is 10.00. The molecule has 0 saturated carbocycles. The van der Waals surface area contributed by atoms with Crippen molar-refractivity contribution in [2.24, 2.45) is 0 Å². The number of hydrogen-bond donors (Lipinski definition) is 1. The lowest BCUT2D eigenvalue weighted by Crippen LogP contribution is -2.57. The Morgan fingerprint density at radius 1 is 1.50 bits per heavy atom. The lowest BCUT2D eigenvalue weighted by molar-refractivity contribution is 0.0811. The third kappa shape index (κ3) is 2.66. The smallest absolute Gasteiger partial charge is 0.236 e.